The third kappa shape index (κ3) is 1.88. The van der Waals surface area contributed by atoms with Gasteiger partial charge in [-0.05, 0) is 29.2 Å². The Morgan fingerprint density at radius 1 is 1.29 bits per heavy atom. The highest BCUT2D eigenvalue weighted by atomic mass is 15.0. The van der Waals surface area contributed by atoms with Gasteiger partial charge in [-0.3, -0.25) is 0 Å². The first-order valence-corrected chi connectivity index (χ1v) is 6.23. The van der Waals surface area contributed by atoms with Crippen LogP contribution in [0.25, 0.3) is 0 Å². The standard InChI is InChI=1S/C14H23N3/c1-9-7-16-12(6-10(9)15)17-8-11-13(2,3)14(11,4)5/h6-7,11H,8H2,1-5H3,(H3,15,16,17). The monoisotopic (exact) mass is 233 g/mol. The molecule has 0 atom stereocenters. The average Bonchev–Trinajstić information content (AvgIpc) is 2.61. The van der Waals surface area contributed by atoms with Crippen LogP contribution in [0.5, 0.6) is 0 Å². The summed E-state index contributed by atoms with van der Waals surface area (Å²) in [7, 11) is 0. The first kappa shape index (κ1) is 12.2. The summed E-state index contributed by atoms with van der Waals surface area (Å²) in [6.45, 7) is 12.3. The van der Waals surface area contributed by atoms with Gasteiger partial charge in [0, 0.05) is 24.5 Å². The number of nitrogens with two attached hydrogens (primary N) is 1. The number of aryl methyl sites for hydroxylation is 1. The van der Waals surface area contributed by atoms with Gasteiger partial charge in [0.25, 0.3) is 0 Å². The smallest absolute Gasteiger partial charge is 0.127 e. The molecule has 0 spiro atoms. The Kier molecular flexibility index (Phi) is 2.60. The summed E-state index contributed by atoms with van der Waals surface area (Å²) in [5.74, 6) is 1.57. The molecular formula is C14H23N3. The zero-order chi connectivity index (χ0) is 12.8. The minimum Gasteiger partial charge on any atom is -0.398 e. The van der Waals surface area contributed by atoms with E-state index in [2.05, 4.69) is 38.0 Å². The predicted octanol–water partition coefficient (Wildman–Crippen LogP) is 3.07. The Balaban J connectivity index is 1.98. The van der Waals surface area contributed by atoms with Gasteiger partial charge in [0.2, 0.25) is 0 Å². The first-order chi connectivity index (χ1) is 7.76. The topological polar surface area (TPSA) is 50.9 Å². The maximum Gasteiger partial charge on any atom is 0.127 e. The lowest BCUT2D eigenvalue weighted by molar-refractivity contribution is 0.457. The molecule has 1 aliphatic rings. The van der Waals surface area contributed by atoms with Crippen LogP contribution in [0.2, 0.25) is 0 Å². The summed E-state index contributed by atoms with van der Waals surface area (Å²) >= 11 is 0. The van der Waals surface area contributed by atoms with Crippen LogP contribution in [-0.4, -0.2) is 11.5 Å². The number of nitrogens with one attached hydrogen (secondary N) is 1. The number of rotatable bonds is 3. The van der Waals surface area contributed by atoms with E-state index in [4.69, 9.17) is 5.73 Å². The van der Waals surface area contributed by atoms with Gasteiger partial charge in [0.1, 0.15) is 5.82 Å². The van der Waals surface area contributed by atoms with Crippen molar-refractivity contribution in [3.8, 4) is 0 Å². The molecule has 1 fully saturated rings. The highest BCUT2D eigenvalue weighted by Crippen LogP contribution is 2.68. The molecule has 94 valence electrons. The number of anilines is 2. The summed E-state index contributed by atoms with van der Waals surface area (Å²) in [6.07, 6.45) is 1.82. The molecule has 17 heavy (non-hydrogen) atoms. The van der Waals surface area contributed by atoms with Crippen LogP contribution >= 0.6 is 0 Å². The molecule has 0 bridgehead atoms. The molecule has 0 aliphatic heterocycles. The molecule has 0 unspecified atom stereocenters. The van der Waals surface area contributed by atoms with Crippen LogP contribution in [-0.2, 0) is 0 Å². The molecule has 1 aromatic heterocycles. The van der Waals surface area contributed by atoms with Gasteiger partial charge in [0.15, 0.2) is 0 Å². The van der Waals surface area contributed by atoms with E-state index in [1.807, 2.05) is 19.2 Å². The fraction of sp³-hybridized carbons (Fsp3) is 0.643. The fourth-order valence-electron chi connectivity index (χ4n) is 2.69. The maximum atomic E-state index is 5.87. The predicted molar refractivity (Wildman–Crippen MR) is 72.9 cm³/mol. The van der Waals surface area contributed by atoms with Crippen molar-refractivity contribution in [2.45, 2.75) is 34.6 Å². The zero-order valence-corrected chi connectivity index (χ0v) is 11.5. The highest BCUT2D eigenvalue weighted by Gasteiger charge is 2.64. The molecule has 1 heterocycles. The Hall–Kier alpha value is -1.25. The maximum absolute atomic E-state index is 5.87. The molecule has 0 aromatic carbocycles. The van der Waals surface area contributed by atoms with Gasteiger partial charge in [-0.1, -0.05) is 27.7 Å². The Morgan fingerprint density at radius 3 is 2.35 bits per heavy atom. The molecule has 3 N–H and O–H groups in total. The van der Waals surface area contributed by atoms with E-state index in [1.165, 1.54) is 0 Å². The molecule has 2 rings (SSSR count). The Morgan fingerprint density at radius 2 is 1.88 bits per heavy atom. The number of pyridine rings is 1. The summed E-state index contributed by atoms with van der Waals surface area (Å²) in [5.41, 5.74) is 8.53. The lowest BCUT2D eigenvalue weighted by Crippen LogP contribution is -2.09. The van der Waals surface area contributed by atoms with Gasteiger partial charge in [0.05, 0.1) is 0 Å². The number of hydrogen-bond acceptors (Lipinski definition) is 3. The number of aromatic nitrogens is 1. The van der Waals surface area contributed by atoms with E-state index in [1.54, 1.807) is 0 Å². The first-order valence-electron chi connectivity index (χ1n) is 6.23. The van der Waals surface area contributed by atoms with E-state index < -0.39 is 0 Å². The van der Waals surface area contributed by atoms with E-state index in [-0.39, 0.29) is 0 Å². The number of hydrogen-bond donors (Lipinski definition) is 2. The molecule has 1 aromatic rings. The molecule has 0 amide bonds. The third-order valence-corrected chi connectivity index (χ3v) is 4.95. The van der Waals surface area contributed by atoms with Crippen molar-refractivity contribution < 1.29 is 0 Å². The van der Waals surface area contributed by atoms with Crippen LogP contribution in [0.3, 0.4) is 0 Å². The zero-order valence-electron chi connectivity index (χ0n) is 11.5. The summed E-state index contributed by atoms with van der Waals surface area (Å²) in [5, 5.41) is 3.39. The second kappa shape index (κ2) is 3.62. The van der Waals surface area contributed by atoms with Crippen LogP contribution in [0.4, 0.5) is 11.5 Å². The summed E-state index contributed by atoms with van der Waals surface area (Å²) in [4.78, 5) is 4.34. The molecule has 3 nitrogen and oxygen atoms in total. The van der Waals surface area contributed by atoms with Crippen molar-refractivity contribution >= 4 is 11.5 Å². The quantitative estimate of drug-likeness (QED) is 0.843. The summed E-state index contributed by atoms with van der Waals surface area (Å²) < 4.78 is 0. The molecule has 1 saturated carbocycles. The van der Waals surface area contributed by atoms with E-state index in [0.717, 1.165) is 23.6 Å². The summed E-state index contributed by atoms with van der Waals surface area (Å²) in [6, 6.07) is 1.91. The van der Waals surface area contributed by atoms with E-state index in [0.29, 0.717) is 16.7 Å². The normalized spacial score (nSPS) is 21.2. The highest BCUT2D eigenvalue weighted by molar-refractivity contribution is 5.53. The van der Waals surface area contributed by atoms with Crippen LogP contribution in [0.1, 0.15) is 33.3 Å². The van der Waals surface area contributed by atoms with Gasteiger partial charge >= 0.3 is 0 Å². The Labute approximate surface area is 104 Å². The molecule has 1 aliphatic carbocycles. The van der Waals surface area contributed by atoms with Gasteiger partial charge in [-0.2, -0.15) is 0 Å². The minimum absolute atomic E-state index is 0.413. The number of nitrogen functional groups attached to an aromatic ring is 1. The van der Waals surface area contributed by atoms with Crippen LogP contribution in [0, 0.1) is 23.7 Å². The number of nitrogens with zero attached hydrogens (tertiary/aromatic N) is 1. The fourth-order valence-corrected chi connectivity index (χ4v) is 2.69. The second-order valence-electron chi connectivity index (χ2n) is 6.30. The SMILES string of the molecule is Cc1cnc(NCC2C(C)(C)C2(C)C)cc1N. The lowest BCUT2D eigenvalue weighted by atomic mass is 10.0. The lowest BCUT2D eigenvalue weighted by Gasteiger charge is -2.08. The Bertz CT molecular complexity index is 421. The van der Waals surface area contributed by atoms with Crippen molar-refractivity contribution in [2.75, 3.05) is 17.6 Å². The van der Waals surface area contributed by atoms with Gasteiger partial charge in [-0.25, -0.2) is 4.98 Å². The minimum atomic E-state index is 0.413. The molecule has 0 radical (unpaired) electrons. The van der Waals surface area contributed by atoms with Crippen molar-refractivity contribution in [1.82, 2.24) is 4.98 Å². The van der Waals surface area contributed by atoms with Gasteiger partial charge < -0.3 is 11.1 Å². The second-order valence-corrected chi connectivity index (χ2v) is 6.30. The van der Waals surface area contributed by atoms with Crippen LogP contribution in [0.15, 0.2) is 12.3 Å². The molecule has 0 saturated heterocycles. The van der Waals surface area contributed by atoms with Crippen molar-refractivity contribution in [3.63, 3.8) is 0 Å². The van der Waals surface area contributed by atoms with E-state index >= 15 is 0 Å². The van der Waals surface area contributed by atoms with Crippen LogP contribution < -0.4 is 11.1 Å². The van der Waals surface area contributed by atoms with Gasteiger partial charge in [-0.15, -0.1) is 0 Å². The van der Waals surface area contributed by atoms with E-state index in [9.17, 15) is 0 Å². The van der Waals surface area contributed by atoms with Crippen molar-refractivity contribution in [1.29, 1.82) is 0 Å². The molecular weight excluding hydrogens is 210 g/mol. The average molecular weight is 233 g/mol. The van der Waals surface area contributed by atoms with Crippen molar-refractivity contribution in [3.05, 3.63) is 17.8 Å². The largest absolute Gasteiger partial charge is 0.398 e. The van der Waals surface area contributed by atoms with Crippen molar-refractivity contribution in [2.24, 2.45) is 16.7 Å². The molecule has 3 heteroatoms. The third-order valence-electron chi connectivity index (χ3n) is 4.95.